The maximum atomic E-state index is 11.8. The lowest BCUT2D eigenvalue weighted by molar-refractivity contribution is 0.634. The van der Waals surface area contributed by atoms with Gasteiger partial charge < -0.3 is 5.73 Å². The molecule has 1 aromatic carbocycles. The zero-order chi connectivity index (χ0) is 12.2. The molecular formula is C13H17N3O. The third kappa shape index (κ3) is 1.52. The molecule has 4 heteroatoms. The van der Waals surface area contributed by atoms with Crippen LogP contribution in [0.4, 0.5) is 0 Å². The Morgan fingerprint density at radius 3 is 2.53 bits per heavy atom. The van der Waals surface area contributed by atoms with Crippen LogP contribution in [0.3, 0.4) is 0 Å². The molecule has 17 heavy (non-hydrogen) atoms. The molecule has 1 unspecified atom stereocenters. The maximum absolute atomic E-state index is 11.8. The standard InChI is InChI=1S/C13H17N3O/c1-15-10-6-5-9(12(14)8-3-4-8)7-11(10)16(2)13(15)17/h5-8,12H,3-4,14H2,1-2H3. The molecule has 0 bridgehead atoms. The summed E-state index contributed by atoms with van der Waals surface area (Å²) in [7, 11) is 3.60. The lowest BCUT2D eigenvalue weighted by Gasteiger charge is -2.10. The van der Waals surface area contributed by atoms with Crippen LogP contribution in [0, 0.1) is 5.92 Å². The summed E-state index contributed by atoms with van der Waals surface area (Å²) in [6.07, 6.45) is 2.46. The third-order valence-electron chi connectivity index (χ3n) is 3.81. The molecule has 2 N–H and O–H groups in total. The van der Waals surface area contributed by atoms with Crippen LogP contribution in [-0.2, 0) is 14.1 Å². The van der Waals surface area contributed by atoms with E-state index >= 15 is 0 Å². The molecule has 0 radical (unpaired) electrons. The Morgan fingerprint density at radius 1 is 1.24 bits per heavy atom. The van der Waals surface area contributed by atoms with Gasteiger partial charge in [-0.15, -0.1) is 0 Å². The first kappa shape index (κ1) is 10.6. The Bertz CT molecular complexity index is 634. The lowest BCUT2D eigenvalue weighted by atomic mass is 10.0. The van der Waals surface area contributed by atoms with Gasteiger partial charge in [0.25, 0.3) is 0 Å². The van der Waals surface area contributed by atoms with Crippen molar-refractivity contribution in [2.45, 2.75) is 18.9 Å². The molecule has 0 aliphatic heterocycles. The molecule has 4 nitrogen and oxygen atoms in total. The van der Waals surface area contributed by atoms with Gasteiger partial charge in [-0.05, 0) is 36.5 Å². The average Bonchev–Trinajstić information content (AvgIpc) is 3.15. The zero-order valence-electron chi connectivity index (χ0n) is 10.2. The maximum Gasteiger partial charge on any atom is 0.328 e. The SMILES string of the molecule is Cn1c(=O)n(C)c2cc(C(N)C3CC3)ccc21. The second-order valence-electron chi connectivity index (χ2n) is 5.01. The summed E-state index contributed by atoms with van der Waals surface area (Å²) in [5.74, 6) is 0.633. The molecule has 0 saturated heterocycles. The van der Waals surface area contributed by atoms with E-state index in [1.54, 1.807) is 23.2 Å². The van der Waals surface area contributed by atoms with Crippen LogP contribution in [0.25, 0.3) is 11.0 Å². The van der Waals surface area contributed by atoms with Crippen LogP contribution >= 0.6 is 0 Å². The Balaban J connectivity index is 2.18. The molecule has 3 rings (SSSR count). The number of imidazole rings is 1. The van der Waals surface area contributed by atoms with Gasteiger partial charge >= 0.3 is 5.69 Å². The van der Waals surface area contributed by atoms with E-state index in [9.17, 15) is 4.79 Å². The van der Waals surface area contributed by atoms with Crippen molar-refractivity contribution in [3.05, 3.63) is 34.2 Å². The molecule has 1 saturated carbocycles. The van der Waals surface area contributed by atoms with Crippen molar-refractivity contribution in [1.29, 1.82) is 0 Å². The first-order chi connectivity index (χ1) is 8.09. The molecule has 2 aromatic rings. The number of hydrogen-bond acceptors (Lipinski definition) is 2. The van der Waals surface area contributed by atoms with Crippen molar-refractivity contribution in [1.82, 2.24) is 9.13 Å². The predicted molar refractivity (Wildman–Crippen MR) is 67.8 cm³/mol. The summed E-state index contributed by atoms with van der Waals surface area (Å²) < 4.78 is 3.35. The topological polar surface area (TPSA) is 53.0 Å². The summed E-state index contributed by atoms with van der Waals surface area (Å²) in [5.41, 5.74) is 9.27. The number of benzene rings is 1. The average molecular weight is 231 g/mol. The fraction of sp³-hybridized carbons (Fsp3) is 0.462. The van der Waals surface area contributed by atoms with Crippen LogP contribution in [0.5, 0.6) is 0 Å². The highest BCUT2D eigenvalue weighted by atomic mass is 16.1. The van der Waals surface area contributed by atoms with Crippen LogP contribution < -0.4 is 11.4 Å². The zero-order valence-corrected chi connectivity index (χ0v) is 10.2. The van der Waals surface area contributed by atoms with Gasteiger partial charge in [-0.3, -0.25) is 9.13 Å². The minimum absolute atomic E-state index is 0.0112. The fourth-order valence-corrected chi connectivity index (χ4v) is 2.46. The molecule has 1 fully saturated rings. The van der Waals surface area contributed by atoms with E-state index in [-0.39, 0.29) is 11.7 Å². The number of fused-ring (bicyclic) bond motifs is 1. The molecule has 1 atom stereocenters. The molecule has 1 aliphatic rings. The van der Waals surface area contributed by atoms with Gasteiger partial charge in [0.15, 0.2) is 0 Å². The van der Waals surface area contributed by atoms with Gasteiger partial charge in [-0.2, -0.15) is 0 Å². The highest BCUT2D eigenvalue weighted by Gasteiger charge is 2.29. The van der Waals surface area contributed by atoms with Gasteiger partial charge in [0, 0.05) is 20.1 Å². The van der Waals surface area contributed by atoms with Gasteiger partial charge in [-0.1, -0.05) is 6.07 Å². The van der Waals surface area contributed by atoms with E-state index in [1.165, 1.54) is 12.8 Å². The smallest absolute Gasteiger partial charge is 0.324 e. The molecular weight excluding hydrogens is 214 g/mol. The fourth-order valence-electron chi connectivity index (χ4n) is 2.46. The monoisotopic (exact) mass is 231 g/mol. The summed E-state index contributed by atoms with van der Waals surface area (Å²) in [4.78, 5) is 11.8. The minimum Gasteiger partial charge on any atom is -0.324 e. The molecule has 1 aromatic heterocycles. The molecule has 1 heterocycles. The number of nitrogens with two attached hydrogens (primary N) is 1. The van der Waals surface area contributed by atoms with Gasteiger partial charge in [0.2, 0.25) is 0 Å². The number of aromatic nitrogens is 2. The molecule has 1 aliphatic carbocycles. The highest BCUT2D eigenvalue weighted by molar-refractivity contribution is 5.77. The van der Waals surface area contributed by atoms with Crippen molar-refractivity contribution in [2.75, 3.05) is 0 Å². The Labute approximate surface area is 99.6 Å². The largest absolute Gasteiger partial charge is 0.328 e. The number of nitrogens with zero attached hydrogens (tertiary/aromatic N) is 2. The first-order valence-corrected chi connectivity index (χ1v) is 6.00. The van der Waals surface area contributed by atoms with Crippen LogP contribution in [0.1, 0.15) is 24.4 Å². The van der Waals surface area contributed by atoms with E-state index < -0.39 is 0 Å². The second-order valence-corrected chi connectivity index (χ2v) is 5.01. The quantitative estimate of drug-likeness (QED) is 0.846. The molecule has 0 spiro atoms. The van der Waals surface area contributed by atoms with Gasteiger partial charge in [-0.25, -0.2) is 4.79 Å². The molecule has 0 amide bonds. The summed E-state index contributed by atoms with van der Waals surface area (Å²) in [6, 6.07) is 6.22. The van der Waals surface area contributed by atoms with Crippen molar-refractivity contribution >= 4 is 11.0 Å². The van der Waals surface area contributed by atoms with Gasteiger partial charge in [0.1, 0.15) is 0 Å². The number of rotatable bonds is 2. The van der Waals surface area contributed by atoms with Crippen LogP contribution in [-0.4, -0.2) is 9.13 Å². The normalized spacial score (nSPS) is 17.6. The first-order valence-electron chi connectivity index (χ1n) is 6.00. The van der Waals surface area contributed by atoms with E-state index in [2.05, 4.69) is 6.07 Å². The molecule has 90 valence electrons. The van der Waals surface area contributed by atoms with E-state index in [4.69, 9.17) is 5.73 Å². The Morgan fingerprint density at radius 2 is 1.88 bits per heavy atom. The van der Waals surface area contributed by atoms with Crippen molar-refractivity contribution in [3.8, 4) is 0 Å². The van der Waals surface area contributed by atoms with Gasteiger partial charge in [0.05, 0.1) is 11.0 Å². The van der Waals surface area contributed by atoms with Crippen molar-refractivity contribution in [3.63, 3.8) is 0 Å². The highest BCUT2D eigenvalue weighted by Crippen LogP contribution is 2.39. The van der Waals surface area contributed by atoms with Crippen molar-refractivity contribution in [2.24, 2.45) is 25.7 Å². The Kier molecular flexibility index (Phi) is 2.16. The van der Waals surface area contributed by atoms with E-state index in [0.717, 1.165) is 16.6 Å². The number of hydrogen-bond donors (Lipinski definition) is 1. The summed E-state index contributed by atoms with van der Waals surface area (Å²) in [5, 5.41) is 0. The lowest BCUT2D eigenvalue weighted by Crippen LogP contribution is -2.19. The van der Waals surface area contributed by atoms with Crippen molar-refractivity contribution < 1.29 is 0 Å². The summed E-state index contributed by atoms with van der Waals surface area (Å²) >= 11 is 0. The van der Waals surface area contributed by atoms with E-state index in [0.29, 0.717) is 5.92 Å². The number of aryl methyl sites for hydroxylation is 2. The predicted octanol–water partition coefficient (Wildman–Crippen LogP) is 1.29. The van der Waals surface area contributed by atoms with Crippen LogP contribution in [0.2, 0.25) is 0 Å². The second kappa shape index (κ2) is 3.47. The summed E-state index contributed by atoms with van der Waals surface area (Å²) in [6.45, 7) is 0. The Hall–Kier alpha value is -1.55. The minimum atomic E-state index is 0.0112. The van der Waals surface area contributed by atoms with Crippen LogP contribution in [0.15, 0.2) is 23.0 Å². The third-order valence-corrected chi connectivity index (χ3v) is 3.81. The van der Waals surface area contributed by atoms with E-state index in [1.807, 2.05) is 12.1 Å².